The molecule has 0 saturated heterocycles. The summed E-state index contributed by atoms with van der Waals surface area (Å²) in [5, 5.41) is 0. The average Bonchev–Trinajstić information content (AvgIpc) is 2.14. The smallest absolute Gasteiger partial charge is 0.217 e. The number of aromatic nitrogens is 2. The molecule has 0 bridgehead atoms. The molecule has 0 spiro atoms. The van der Waals surface area contributed by atoms with Gasteiger partial charge in [-0.1, -0.05) is 0 Å². The van der Waals surface area contributed by atoms with Gasteiger partial charge in [0.25, 0.3) is 0 Å². The molecule has 2 N–H and O–H groups in total. The van der Waals surface area contributed by atoms with Crippen LogP contribution in [-0.4, -0.2) is 22.5 Å². The van der Waals surface area contributed by atoms with Gasteiger partial charge in [-0.25, -0.2) is 9.97 Å². The molecule has 1 aromatic heterocycles. The first-order valence-corrected chi connectivity index (χ1v) is 3.88. The van der Waals surface area contributed by atoms with Crippen LogP contribution in [0.25, 0.3) is 0 Å². The molecule has 0 saturated carbocycles. The minimum atomic E-state index is -0.318. The molecule has 0 aliphatic heterocycles. The zero-order valence-electron chi connectivity index (χ0n) is 7.06. The fourth-order valence-corrected chi connectivity index (χ4v) is 0.763. The maximum Gasteiger partial charge on any atom is 0.217 e. The maximum atomic E-state index is 10.3. The van der Waals surface area contributed by atoms with E-state index in [9.17, 15) is 4.79 Å². The summed E-state index contributed by atoms with van der Waals surface area (Å²) in [4.78, 5) is 17.6. The summed E-state index contributed by atoms with van der Waals surface area (Å²) in [5.41, 5.74) is 4.95. The third-order valence-corrected chi connectivity index (χ3v) is 1.34. The van der Waals surface area contributed by atoms with Crippen molar-refractivity contribution in [3.63, 3.8) is 0 Å². The van der Waals surface area contributed by atoms with Gasteiger partial charge in [-0.05, 0) is 6.42 Å². The summed E-state index contributed by atoms with van der Waals surface area (Å²) in [7, 11) is 0. The molecule has 5 heteroatoms. The van der Waals surface area contributed by atoms with Crippen molar-refractivity contribution in [2.45, 2.75) is 12.8 Å². The van der Waals surface area contributed by atoms with Gasteiger partial charge in [0.2, 0.25) is 5.91 Å². The zero-order valence-corrected chi connectivity index (χ0v) is 7.06. The predicted octanol–water partition coefficient (Wildman–Crippen LogP) is -0.0789. The third kappa shape index (κ3) is 4.05. The van der Waals surface area contributed by atoms with Gasteiger partial charge in [0.1, 0.15) is 0 Å². The molecular weight excluding hydrogens is 170 g/mol. The number of nitrogens with zero attached hydrogens (tertiary/aromatic N) is 2. The molecule has 0 fully saturated rings. The van der Waals surface area contributed by atoms with Gasteiger partial charge in [-0.2, -0.15) is 0 Å². The third-order valence-electron chi connectivity index (χ3n) is 1.34. The van der Waals surface area contributed by atoms with E-state index >= 15 is 0 Å². The summed E-state index contributed by atoms with van der Waals surface area (Å²) < 4.78 is 5.20. The first kappa shape index (κ1) is 9.44. The Morgan fingerprint density at radius 3 is 2.85 bits per heavy atom. The lowest BCUT2D eigenvalue weighted by Gasteiger charge is -2.02. The molecule has 69 valence electrons. The Kier molecular flexibility index (Phi) is 3.69. The molecule has 0 aliphatic carbocycles. The Hall–Kier alpha value is -1.65. The van der Waals surface area contributed by atoms with Crippen LogP contribution in [-0.2, 0) is 4.79 Å². The van der Waals surface area contributed by atoms with Crippen molar-refractivity contribution in [3.8, 4) is 5.75 Å². The van der Waals surface area contributed by atoms with Crippen molar-refractivity contribution in [1.29, 1.82) is 0 Å². The highest BCUT2D eigenvalue weighted by Crippen LogP contribution is 2.04. The first-order chi connectivity index (χ1) is 6.29. The van der Waals surface area contributed by atoms with Crippen molar-refractivity contribution < 1.29 is 9.53 Å². The summed E-state index contributed by atoms with van der Waals surface area (Å²) in [6.07, 6.45) is 6.35. The van der Waals surface area contributed by atoms with E-state index in [1.807, 2.05) is 0 Å². The Labute approximate surface area is 75.9 Å². The molecule has 1 aromatic rings. The van der Waals surface area contributed by atoms with E-state index in [-0.39, 0.29) is 5.91 Å². The molecule has 0 atom stereocenters. The van der Waals surface area contributed by atoms with Crippen LogP contribution in [0.4, 0.5) is 0 Å². The van der Waals surface area contributed by atoms with E-state index in [2.05, 4.69) is 16.3 Å². The topological polar surface area (TPSA) is 78.1 Å². The van der Waals surface area contributed by atoms with Crippen molar-refractivity contribution in [2.24, 2.45) is 5.73 Å². The van der Waals surface area contributed by atoms with Crippen molar-refractivity contribution in [2.75, 3.05) is 6.61 Å². The SMILES string of the molecule is NC(=O)CCCOc1cn[c]nc1. The number of hydrogen-bond acceptors (Lipinski definition) is 4. The van der Waals surface area contributed by atoms with Gasteiger partial charge in [-0.15, -0.1) is 0 Å². The van der Waals surface area contributed by atoms with Crippen LogP contribution in [0.5, 0.6) is 5.75 Å². The van der Waals surface area contributed by atoms with Crippen LogP contribution < -0.4 is 10.5 Å². The summed E-state index contributed by atoms with van der Waals surface area (Å²) in [6, 6.07) is 0. The Balaban J connectivity index is 2.17. The number of hydrogen-bond donors (Lipinski definition) is 1. The van der Waals surface area contributed by atoms with Gasteiger partial charge in [-0.3, -0.25) is 4.79 Å². The molecule has 5 nitrogen and oxygen atoms in total. The second-order valence-corrected chi connectivity index (χ2v) is 2.44. The van der Waals surface area contributed by atoms with Crippen LogP contribution in [0.2, 0.25) is 0 Å². The second kappa shape index (κ2) is 5.08. The Morgan fingerprint density at radius 1 is 1.54 bits per heavy atom. The molecular formula is C8H10N3O2. The standard InChI is InChI=1S/C8H10N3O2/c9-8(12)2-1-3-13-7-4-10-6-11-5-7/h4-5H,1-3H2,(H2,9,12). The van der Waals surface area contributed by atoms with E-state index in [0.29, 0.717) is 25.2 Å². The molecule has 1 heterocycles. The minimum Gasteiger partial charge on any atom is -0.490 e. The lowest BCUT2D eigenvalue weighted by atomic mass is 10.3. The van der Waals surface area contributed by atoms with Crippen LogP contribution in [0, 0.1) is 6.33 Å². The van der Waals surface area contributed by atoms with E-state index in [1.54, 1.807) is 0 Å². The normalized spacial score (nSPS) is 9.54. The lowest BCUT2D eigenvalue weighted by Crippen LogP contribution is -2.11. The fourth-order valence-electron chi connectivity index (χ4n) is 0.763. The quantitative estimate of drug-likeness (QED) is 0.643. The van der Waals surface area contributed by atoms with Crippen molar-refractivity contribution in [1.82, 2.24) is 9.97 Å². The average molecular weight is 180 g/mol. The van der Waals surface area contributed by atoms with E-state index in [1.165, 1.54) is 12.4 Å². The number of rotatable bonds is 5. The Bertz CT molecular complexity index is 263. The zero-order chi connectivity index (χ0) is 9.52. The van der Waals surface area contributed by atoms with Crippen LogP contribution >= 0.6 is 0 Å². The fraction of sp³-hybridized carbons (Fsp3) is 0.375. The highest BCUT2D eigenvalue weighted by Gasteiger charge is 1.96. The Morgan fingerprint density at radius 2 is 2.23 bits per heavy atom. The van der Waals surface area contributed by atoms with Gasteiger partial charge in [0.15, 0.2) is 12.1 Å². The summed E-state index contributed by atoms with van der Waals surface area (Å²) >= 11 is 0. The molecule has 0 aromatic carbocycles. The molecule has 1 radical (unpaired) electrons. The largest absolute Gasteiger partial charge is 0.490 e. The minimum absolute atomic E-state index is 0.318. The number of ether oxygens (including phenoxy) is 1. The number of nitrogens with two attached hydrogens (primary N) is 1. The van der Waals surface area contributed by atoms with Crippen molar-refractivity contribution >= 4 is 5.91 Å². The molecule has 13 heavy (non-hydrogen) atoms. The maximum absolute atomic E-state index is 10.3. The molecule has 1 rings (SSSR count). The number of carbonyl (C=O) groups excluding carboxylic acids is 1. The van der Waals surface area contributed by atoms with Crippen LogP contribution in [0.15, 0.2) is 12.4 Å². The lowest BCUT2D eigenvalue weighted by molar-refractivity contribution is -0.118. The number of amides is 1. The van der Waals surface area contributed by atoms with Gasteiger partial charge in [0, 0.05) is 6.42 Å². The summed E-state index contributed by atoms with van der Waals surface area (Å²) in [5.74, 6) is 0.254. The van der Waals surface area contributed by atoms with Crippen molar-refractivity contribution in [3.05, 3.63) is 18.7 Å². The highest BCUT2D eigenvalue weighted by molar-refractivity contribution is 5.73. The second-order valence-electron chi connectivity index (χ2n) is 2.44. The van der Waals surface area contributed by atoms with E-state index in [4.69, 9.17) is 10.5 Å². The number of carbonyl (C=O) groups is 1. The predicted molar refractivity (Wildman–Crippen MR) is 44.8 cm³/mol. The molecule has 1 amide bonds. The highest BCUT2D eigenvalue weighted by atomic mass is 16.5. The first-order valence-electron chi connectivity index (χ1n) is 3.88. The molecule has 0 unspecified atom stereocenters. The molecule has 0 aliphatic rings. The van der Waals surface area contributed by atoms with Gasteiger partial charge in [0.05, 0.1) is 19.0 Å². The number of primary amides is 1. The monoisotopic (exact) mass is 180 g/mol. The van der Waals surface area contributed by atoms with Gasteiger partial charge < -0.3 is 10.5 Å². The van der Waals surface area contributed by atoms with E-state index in [0.717, 1.165) is 0 Å². The summed E-state index contributed by atoms with van der Waals surface area (Å²) in [6.45, 7) is 0.441. The van der Waals surface area contributed by atoms with Crippen LogP contribution in [0.3, 0.4) is 0 Å². The van der Waals surface area contributed by atoms with Gasteiger partial charge >= 0.3 is 0 Å². The van der Waals surface area contributed by atoms with E-state index < -0.39 is 0 Å². The van der Waals surface area contributed by atoms with Crippen LogP contribution in [0.1, 0.15) is 12.8 Å².